The highest BCUT2D eigenvalue weighted by atomic mass is 35.5. The van der Waals surface area contributed by atoms with E-state index < -0.39 is 0 Å². The number of rotatable bonds is 4. The molecule has 0 atom stereocenters. The Balaban J connectivity index is 1.33. The molecule has 0 unspecified atom stereocenters. The van der Waals surface area contributed by atoms with Crippen molar-refractivity contribution in [1.82, 2.24) is 14.9 Å². The summed E-state index contributed by atoms with van der Waals surface area (Å²) in [5.41, 5.74) is 9.69. The second-order valence-electron chi connectivity index (χ2n) is 7.70. The summed E-state index contributed by atoms with van der Waals surface area (Å²) < 4.78 is 6.02. The predicted octanol–water partition coefficient (Wildman–Crippen LogP) is 4.49. The summed E-state index contributed by atoms with van der Waals surface area (Å²) >= 11 is 6.08. The maximum absolute atomic E-state index is 12.8. The van der Waals surface area contributed by atoms with E-state index in [1.54, 1.807) is 12.1 Å². The van der Waals surface area contributed by atoms with Crippen molar-refractivity contribution in [2.45, 2.75) is 19.5 Å². The van der Waals surface area contributed by atoms with Crippen LogP contribution in [0.3, 0.4) is 0 Å². The number of aromatic nitrogens is 2. The minimum atomic E-state index is -0.0967. The Morgan fingerprint density at radius 2 is 1.94 bits per heavy atom. The van der Waals surface area contributed by atoms with Crippen LogP contribution in [-0.2, 0) is 19.5 Å². The smallest absolute Gasteiger partial charge is 0.255 e. The molecule has 2 aromatic heterocycles. The molecule has 0 saturated heterocycles. The number of hydrogen-bond donors (Lipinski definition) is 2. The van der Waals surface area contributed by atoms with Gasteiger partial charge in [-0.3, -0.25) is 9.69 Å². The molecule has 4 aromatic rings. The Morgan fingerprint density at radius 1 is 1.10 bits per heavy atom. The van der Waals surface area contributed by atoms with Gasteiger partial charge >= 0.3 is 0 Å². The molecule has 0 spiro atoms. The number of fused-ring (bicyclic) bond motifs is 1. The average Bonchev–Trinajstić information content (AvgIpc) is 3.23. The average molecular weight is 433 g/mol. The first-order valence-electron chi connectivity index (χ1n) is 10.1. The molecule has 0 amide bonds. The summed E-state index contributed by atoms with van der Waals surface area (Å²) in [6.07, 6.45) is 0.711. The first kappa shape index (κ1) is 19.6. The molecular formula is C24H21ClN4O2. The van der Waals surface area contributed by atoms with Crippen LogP contribution in [0.1, 0.15) is 17.0 Å². The van der Waals surface area contributed by atoms with Gasteiger partial charge in [0.05, 0.1) is 17.8 Å². The van der Waals surface area contributed by atoms with Crippen molar-refractivity contribution in [2.24, 2.45) is 0 Å². The second-order valence-corrected chi connectivity index (χ2v) is 8.14. The predicted molar refractivity (Wildman–Crippen MR) is 122 cm³/mol. The number of hydrogen-bond acceptors (Lipinski definition) is 5. The zero-order valence-corrected chi connectivity index (χ0v) is 17.5. The number of benzene rings is 2. The van der Waals surface area contributed by atoms with E-state index in [1.165, 1.54) is 0 Å². The summed E-state index contributed by atoms with van der Waals surface area (Å²) in [6.45, 7) is 1.96. The molecule has 2 aromatic carbocycles. The van der Waals surface area contributed by atoms with Crippen molar-refractivity contribution in [3.05, 3.63) is 93.1 Å². The van der Waals surface area contributed by atoms with Gasteiger partial charge in [0.25, 0.3) is 5.56 Å². The van der Waals surface area contributed by atoms with Crippen LogP contribution in [0.4, 0.5) is 5.69 Å². The van der Waals surface area contributed by atoms with Crippen LogP contribution in [0.2, 0.25) is 5.02 Å². The number of nitrogens with zero attached hydrogens (tertiary/aromatic N) is 2. The van der Waals surface area contributed by atoms with Crippen LogP contribution in [0, 0.1) is 0 Å². The van der Waals surface area contributed by atoms with E-state index in [0.717, 1.165) is 34.9 Å². The highest BCUT2D eigenvalue weighted by molar-refractivity contribution is 6.30. The lowest BCUT2D eigenvalue weighted by Gasteiger charge is -2.26. The topological polar surface area (TPSA) is 88.1 Å². The molecule has 7 heteroatoms. The monoisotopic (exact) mass is 432 g/mol. The third-order valence-corrected chi connectivity index (χ3v) is 5.72. The fourth-order valence-electron chi connectivity index (χ4n) is 3.87. The molecule has 0 saturated carbocycles. The molecule has 0 bridgehead atoms. The van der Waals surface area contributed by atoms with Gasteiger partial charge in [0.2, 0.25) is 0 Å². The third kappa shape index (κ3) is 4.13. The number of halogens is 1. The minimum absolute atomic E-state index is 0.0967. The molecule has 0 radical (unpaired) electrons. The fraction of sp³-hybridized carbons (Fsp3) is 0.167. The molecule has 156 valence electrons. The largest absolute Gasteiger partial charge is 0.460 e. The van der Waals surface area contributed by atoms with Crippen molar-refractivity contribution in [3.8, 4) is 22.7 Å². The number of aromatic amines is 1. The number of nitrogens with one attached hydrogen (secondary N) is 1. The number of anilines is 1. The molecular weight excluding hydrogens is 412 g/mol. The van der Waals surface area contributed by atoms with Gasteiger partial charge in [-0.15, -0.1) is 0 Å². The lowest BCUT2D eigenvalue weighted by molar-refractivity contribution is 0.223. The van der Waals surface area contributed by atoms with E-state index in [-0.39, 0.29) is 5.56 Å². The van der Waals surface area contributed by atoms with Crippen molar-refractivity contribution in [1.29, 1.82) is 0 Å². The van der Waals surface area contributed by atoms with Crippen molar-refractivity contribution < 1.29 is 4.42 Å². The van der Waals surface area contributed by atoms with E-state index in [2.05, 4.69) is 9.88 Å². The van der Waals surface area contributed by atoms with Crippen LogP contribution in [0.15, 0.2) is 69.9 Å². The number of furan rings is 1. The zero-order chi connectivity index (χ0) is 21.4. The molecule has 3 N–H and O–H groups in total. The van der Waals surface area contributed by atoms with E-state index in [0.29, 0.717) is 41.6 Å². The Labute approximate surface area is 184 Å². The summed E-state index contributed by atoms with van der Waals surface area (Å²) in [5.74, 6) is 2.21. The molecule has 0 fully saturated rings. The minimum Gasteiger partial charge on any atom is -0.460 e. The van der Waals surface area contributed by atoms with Crippen molar-refractivity contribution in [3.63, 3.8) is 0 Å². The van der Waals surface area contributed by atoms with Gasteiger partial charge in [-0.2, -0.15) is 0 Å². The summed E-state index contributed by atoms with van der Waals surface area (Å²) in [6, 6.07) is 18.8. The maximum atomic E-state index is 12.8. The second kappa shape index (κ2) is 8.06. The summed E-state index contributed by atoms with van der Waals surface area (Å²) in [7, 11) is 0. The van der Waals surface area contributed by atoms with Gasteiger partial charge < -0.3 is 15.1 Å². The Hall–Kier alpha value is -3.35. The van der Waals surface area contributed by atoms with Crippen LogP contribution in [0.25, 0.3) is 22.7 Å². The Bertz CT molecular complexity index is 1290. The van der Waals surface area contributed by atoms with Gasteiger partial charge in [-0.25, -0.2) is 4.98 Å². The normalized spacial score (nSPS) is 13.8. The van der Waals surface area contributed by atoms with E-state index in [1.807, 2.05) is 48.5 Å². The van der Waals surface area contributed by atoms with E-state index >= 15 is 0 Å². The van der Waals surface area contributed by atoms with Gasteiger partial charge in [0.1, 0.15) is 17.3 Å². The number of nitrogen functional groups attached to an aromatic ring is 1. The highest BCUT2D eigenvalue weighted by Crippen LogP contribution is 2.26. The molecule has 1 aliphatic rings. The van der Waals surface area contributed by atoms with Crippen LogP contribution >= 0.6 is 11.6 Å². The maximum Gasteiger partial charge on any atom is 0.255 e. The Morgan fingerprint density at radius 3 is 2.74 bits per heavy atom. The summed E-state index contributed by atoms with van der Waals surface area (Å²) in [5, 5.41) is 0.674. The third-order valence-electron chi connectivity index (χ3n) is 5.48. The fourth-order valence-corrected chi connectivity index (χ4v) is 4.06. The zero-order valence-electron chi connectivity index (χ0n) is 16.8. The number of H-pyrrole nitrogens is 1. The van der Waals surface area contributed by atoms with Crippen molar-refractivity contribution in [2.75, 3.05) is 12.3 Å². The van der Waals surface area contributed by atoms with Gasteiger partial charge in [0, 0.05) is 41.3 Å². The van der Waals surface area contributed by atoms with Crippen LogP contribution in [0.5, 0.6) is 0 Å². The van der Waals surface area contributed by atoms with Crippen LogP contribution in [-0.4, -0.2) is 21.4 Å². The van der Waals surface area contributed by atoms with Crippen molar-refractivity contribution >= 4 is 17.3 Å². The number of nitrogens with two attached hydrogens (primary N) is 1. The summed E-state index contributed by atoms with van der Waals surface area (Å²) in [4.78, 5) is 22.6. The quantitative estimate of drug-likeness (QED) is 0.464. The van der Waals surface area contributed by atoms with Crippen LogP contribution < -0.4 is 11.3 Å². The first-order valence-corrected chi connectivity index (χ1v) is 10.5. The molecule has 31 heavy (non-hydrogen) atoms. The lowest BCUT2D eigenvalue weighted by atomic mass is 10.1. The molecule has 0 aliphatic carbocycles. The van der Waals surface area contributed by atoms with Gasteiger partial charge in [-0.1, -0.05) is 23.7 Å². The standard InChI is InChI=1S/C24H21ClN4O2/c25-17-3-1-2-16(12-17)22-9-8-19(31-22)13-29-11-10-21-20(14-29)24(30)28-23(27-21)15-4-6-18(26)7-5-15/h1-9,12H,10-11,13-14,26H2,(H,27,28,30). The highest BCUT2D eigenvalue weighted by Gasteiger charge is 2.22. The molecule has 1 aliphatic heterocycles. The lowest BCUT2D eigenvalue weighted by Crippen LogP contribution is -2.35. The van der Waals surface area contributed by atoms with Gasteiger partial charge in [0.15, 0.2) is 0 Å². The SMILES string of the molecule is Nc1ccc(-c2nc3c(c(=O)[nH]2)CN(Cc2ccc(-c4cccc(Cl)c4)o2)CC3)cc1. The van der Waals surface area contributed by atoms with Gasteiger partial charge in [-0.05, 0) is 48.5 Å². The molecule has 6 nitrogen and oxygen atoms in total. The molecule has 3 heterocycles. The molecule has 5 rings (SSSR count). The van der Waals surface area contributed by atoms with E-state index in [4.69, 9.17) is 26.7 Å². The first-order chi connectivity index (χ1) is 15.0. The Kier molecular flexibility index (Phi) is 5.10. The van der Waals surface area contributed by atoms with E-state index in [9.17, 15) is 4.79 Å².